The molecule has 1 aromatic rings. The van der Waals surface area contributed by atoms with Crippen LogP contribution < -0.4 is 48.7 Å². The molecule has 23 nitrogen and oxygen atoms in total. The van der Waals surface area contributed by atoms with Crippen molar-refractivity contribution in [1.29, 1.82) is 0 Å². The number of carbonyl (C=O) groups excluding carboxylic acids is 8. The van der Waals surface area contributed by atoms with Crippen molar-refractivity contribution in [2.75, 3.05) is 13.1 Å². The van der Waals surface area contributed by atoms with Gasteiger partial charge in [0.2, 0.25) is 35.4 Å². The van der Waals surface area contributed by atoms with Gasteiger partial charge in [-0.3, -0.25) is 43.3 Å². The third kappa shape index (κ3) is 22.9. The zero-order valence-electron chi connectivity index (χ0n) is 42.0. The average molecular weight is 1010 g/mol. The first-order valence-electron chi connectivity index (χ1n) is 23.7. The number of ether oxygens (including phenoxy) is 1. The summed E-state index contributed by atoms with van der Waals surface area (Å²) in [4.78, 5) is 135. The Balaban J connectivity index is 2.69. The van der Waals surface area contributed by atoms with E-state index in [1.54, 1.807) is 26.8 Å². The minimum Gasteiger partial charge on any atom is -0.480 e. The van der Waals surface area contributed by atoms with Crippen LogP contribution in [0.3, 0.4) is 0 Å². The molecule has 7 amide bonds. The third-order valence-electron chi connectivity index (χ3n) is 11.2. The number of guanidine groups is 1. The Bertz CT molecular complexity index is 2210. The summed E-state index contributed by atoms with van der Waals surface area (Å²) in [6.07, 6.45) is 4.72. The van der Waals surface area contributed by atoms with Crippen molar-refractivity contribution in [2.24, 2.45) is 34.2 Å². The quantitative estimate of drug-likeness (QED) is 0.0266. The Kier molecular flexibility index (Phi) is 26.0. The summed E-state index contributed by atoms with van der Waals surface area (Å²) in [7, 11) is 0. The second-order valence-electron chi connectivity index (χ2n) is 17.9. The molecular weight excluding hydrogens is 937 g/mol. The minimum absolute atomic E-state index is 0.0163. The Labute approximate surface area is 419 Å². The summed E-state index contributed by atoms with van der Waals surface area (Å²) in [6.45, 7) is 10.7. The SMILES string of the molecule is C/C=C1\NC(=O)CC[C@H](C(=O)O)NC(=O)[C@@H](C)C(/C=C/C(C)=C/[C@H](C)[C@H](Cc2ccccc2)OC(C)=O)NC(=O)C(CCCCN=C(N)N)NC(=O)CC(C(=O)O)NC(=O)[C@H](CC(C)C)NC(=O)CNC1=O. The van der Waals surface area contributed by atoms with Gasteiger partial charge in [0.05, 0.1) is 24.9 Å². The first-order valence-corrected chi connectivity index (χ1v) is 23.7. The van der Waals surface area contributed by atoms with Crippen LogP contribution >= 0.6 is 0 Å². The lowest BCUT2D eigenvalue weighted by Gasteiger charge is -2.27. The molecule has 1 saturated heterocycles. The van der Waals surface area contributed by atoms with Crippen LogP contribution in [-0.4, -0.2) is 125 Å². The molecule has 0 spiro atoms. The van der Waals surface area contributed by atoms with E-state index in [4.69, 9.17) is 16.2 Å². The van der Waals surface area contributed by atoms with E-state index < -0.39 is 127 Å². The van der Waals surface area contributed by atoms with E-state index in [0.29, 0.717) is 18.4 Å². The molecule has 1 fully saturated rings. The number of nitrogens with one attached hydrogen (secondary N) is 7. The maximum atomic E-state index is 14.3. The number of carbonyl (C=O) groups is 10. The van der Waals surface area contributed by atoms with E-state index >= 15 is 0 Å². The Morgan fingerprint density at radius 1 is 0.819 bits per heavy atom. The van der Waals surface area contributed by atoms with E-state index in [1.807, 2.05) is 43.3 Å². The maximum Gasteiger partial charge on any atom is 0.326 e. The third-order valence-corrected chi connectivity index (χ3v) is 11.2. The van der Waals surface area contributed by atoms with Gasteiger partial charge >= 0.3 is 17.9 Å². The standard InChI is InChI=1S/C49H72N10O13/c1-8-33-44(65)53-26-42(63)56-37(22-27(2)3)46(67)59-38(48(70)71)25-41(62)55-35(16-12-13-21-52-49(50)51)45(66)57-34(30(6)43(64)58-36(47(68)69)19-20-40(61)54-33)18-17-28(4)23-29(5)39(72-31(7)60)24-32-14-10-9-11-15-32/h8-11,14-15,17-18,23,27,29-30,34-39H,12-13,16,19-22,24-26H2,1-7H3,(H,53,65)(H,54,61)(H,55,62)(H,56,63)(H,57,66)(H,58,64)(H,59,67)(H,68,69)(H,70,71)(H4,50,51,52)/b18-17+,28-23+,33-8-/t29-,30-,34?,35?,36+,37-,38?,39-/m0/s1. The van der Waals surface area contributed by atoms with Gasteiger partial charge in [-0.1, -0.05) is 87.9 Å². The number of allylic oxidation sites excluding steroid dienone is 3. The van der Waals surface area contributed by atoms with E-state index in [0.717, 1.165) is 5.56 Å². The summed E-state index contributed by atoms with van der Waals surface area (Å²) in [5.41, 5.74) is 12.2. The first-order chi connectivity index (χ1) is 33.9. The van der Waals surface area contributed by atoms with Gasteiger partial charge < -0.3 is 63.6 Å². The molecule has 3 unspecified atom stereocenters. The molecule has 1 heterocycles. The van der Waals surface area contributed by atoms with Gasteiger partial charge in [0.15, 0.2) is 5.96 Å². The number of aliphatic carboxylic acids is 2. The van der Waals surface area contributed by atoms with Crippen molar-refractivity contribution < 1.29 is 62.9 Å². The maximum absolute atomic E-state index is 14.3. The van der Waals surface area contributed by atoms with Crippen molar-refractivity contribution in [3.63, 3.8) is 0 Å². The molecular formula is C49H72N10O13. The van der Waals surface area contributed by atoms with Gasteiger partial charge in [-0.05, 0) is 57.4 Å². The molecule has 1 aromatic carbocycles. The van der Waals surface area contributed by atoms with Crippen molar-refractivity contribution in [3.05, 3.63) is 71.5 Å². The molecule has 0 aromatic heterocycles. The number of rotatable bonds is 16. The second-order valence-corrected chi connectivity index (χ2v) is 17.9. The Hall–Kier alpha value is -7.59. The number of benzene rings is 1. The van der Waals surface area contributed by atoms with E-state index in [9.17, 15) is 58.2 Å². The summed E-state index contributed by atoms with van der Waals surface area (Å²) in [5, 5.41) is 37.4. The summed E-state index contributed by atoms with van der Waals surface area (Å²) < 4.78 is 5.67. The van der Waals surface area contributed by atoms with Crippen LogP contribution in [0, 0.1) is 17.8 Å². The molecule has 0 radical (unpaired) electrons. The highest BCUT2D eigenvalue weighted by atomic mass is 16.5. The predicted molar refractivity (Wildman–Crippen MR) is 265 cm³/mol. The second kappa shape index (κ2) is 30.9. The Morgan fingerprint density at radius 2 is 1.44 bits per heavy atom. The van der Waals surface area contributed by atoms with E-state index in [-0.39, 0.29) is 49.3 Å². The number of nitrogens with zero attached hydrogens (tertiary/aromatic N) is 1. The highest BCUT2D eigenvalue weighted by molar-refractivity contribution is 6.00. The van der Waals surface area contributed by atoms with Crippen LogP contribution in [0.1, 0.15) is 99.0 Å². The van der Waals surface area contributed by atoms with Gasteiger partial charge in [0.25, 0.3) is 5.91 Å². The van der Waals surface area contributed by atoms with Crippen LogP contribution in [0.4, 0.5) is 0 Å². The molecule has 0 aliphatic carbocycles. The monoisotopic (exact) mass is 1010 g/mol. The molecule has 1 aliphatic heterocycles. The zero-order valence-corrected chi connectivity index (χ0v) is 42.0. The smallest absolute Gasteiger partial charge is 0.326 e. The van der Waals surface area contributed by atoms with Crippen LogP contribution in [-0.2, 0) is 59.1 Å². The van der Waals surface area contributed by atoms with Gasteiger partial charge in [-0.25, -0.2) is 9.59 Å². The van der Waals surface area contributed by atoms with Crippen LogP contribution in [0.2, 0.25) is 0 Å². The molecule has 13 N–H and O–H groups in total. The van der Waals surface area contributed by atoms with Crippen molar-refractivity contribution in [3.8, 4) is 0 Å². The first kappa shape index (κ1) is 60.5. The minimum atomic E-state index is -1.85. The van der Waals surface area contributed by atoms with E-state index in [1.165, 1.54) is 32.9 Å². The number of esters is 1. The van der Waals surface area contributed by atoms with Gasteiger partial charge in [0, 0.05) is 32.2 Å². The Morgan fingerprint density at radius 3 is 2.04 bits per heavy atom. The number of aliphatic imine (C=N–C) groups is 1. The van der Waals surface area contributed by atoms with Crippen molar-refractivity contribution >= 4 is 65.2 Å². The number of hydrogen-bond acceptors (Lipinski definition) is 12. The van der Waals surface area contributed by atoms with Crippen molar-refractivity contribution in [2.45, 2.75) is 136 Å². The molecule has 0 saturated carbocycles. The summed E-state index contributed by atoms with van der Waals surface area (Å²) in [5.74, 6) is -11.7. The molecule has 396 valence electrons. The number of nitrogens with two attached hydrogens (primary N) is 2. The molecule has 8 atom stereocenters. The fraction of sp³-hybridized carbons (Fsp3) is 0.531. The fourth-order valence-corrected chi connectivity index (χ4v) is 7.36. The number of carboxylic acid groups (broad SMARTS) is 2. The van der Waals surface area contributed by atoms with E-state index in [2.05, 4.69) is 42.2 Å². The molecule has 2 rings (SSSR count). The fourth-order valence-electron chi connectivity index (χ4n) is 7.36. The number of amides is 7. The average Bonchev–Trinajstić information content (AvgIpc) is 3.30. The highest BCUT2D eigenvalue weighted by Gasteiger charge is 2.33. The molecule has 23 heteroatoms. The van der Waals surface area contributed by atoms with Crippen LogP contribution in [0.25, 0.3) is 0 Å². The van der Waals surface area contributed by atoms with Gasteiger partial charge in [-0.2, -0.15) is 0 Å². The molecule has 1 aliphatic rings. The predicted octanol–water partition coefficient (Wildman–Crippen LogP) is 0.339. The highest BCUT2D eigenvalue weighted by Crippen LogP contribution is 2.19. The lowest BCUT2D eigenvalue weighted by molar-refractivity contribution is -0.148. The zero-order chi connectivity index (χ0) is 54.1. The van der Waals surface area contributed by atoms with Crippen LogP contribution in [0.5, 0.6) is 0 Å². The number of hydrogen-bond donors (Lipinski definition) is 11. The van der Waals surface area contributed by atoms with Crippen molar-refractivity contribution in [1.82, 2.24) is 37.2 Å². The number of carboxylic acids is 2. The lowest BCUT2D eigenvalue weighted by atomic mass is 9.94. The number of unbranched alkanes of at least 4 members (excludes halogenated alkanes) is 1. The molecule has 0 bridgehead atoms. The summed E-state index contributed by atoms with van der Waals surface area (Å²) >= 11 is 0. The molecule has 72 heavy (non-hydrogen) atoms. The van der Waals surface area contributed by atoms with Crippen LogP contribution in [0.15, 0.2) is 70.9 Å². The largest absolute Gasteiger partial charge is 0.480 e. The van der Waals surface area contributed by atoms with Gasteiger partial charge in [0.1, 0.15) is 36.0 Å². The topological polar surface area (TPSA) is 369 Å². The normalized spacial score (nSPS) is 23.4. The lowest BCUT2D eigenvalue weighted by Crippen LogP contribution is -2.56. The van der Waals surface area contributed by atoms with Gasteiger partial charge in [-0.15, -0.1) is 0 Å². The summed E-state index contributed by atoms with van der Waals surface area (Å²) in [6, 6.07) is 1.99.